The molecule has 0 saturated carbocycles. The number of rotatable bonds is 3. The van der Waals surface area contributed by atoms with Crippen LogP contribution in [0.25, 0.3) is 0 Å². The molecule has 5 heteroatoms. The number of benzene rings is 2. The van der Waals surface area contributed by atoms with Crippen molar-refractivity contribution in [2.75, 3.05) is 5.73 Å². The van der Waals surface area contributed by atoms with Crippen LogP contribution < -0.4 is 5.73 Å². The van der Waals surface area contributed by atoms with Gasteiger partial charge in [-0.3, -0.25) is 4.21 Å². The van der Waals surface area contributed by atoms with Crippen LogP contribution in [-0.4, -0.2) is 4.21 Å². The fraction of sp³-hybridized carbons (Fsp3) is 0.143. The summed E-state index contributed by atoms with van der Waals surface area (Å²) in [7, 11) is -1.24. The summed E-state index contributed by atoms with van der Waals surface area (Å²) in [5, 5.41) is 0.913. The van der Waals surface area contributed by atoms with Gasteiger partial charge in [-0.1, -0.05) is 41.4 Å². The first kappa shape index (κ1) is 14.4. The highest BCUT2D eigenvalue weighted by Gasteiger charge is 2.12. The molecule has 0 bridgehead atoms. The minimum absolute atomic E-state index is 0.298. The number of nitrogen functional groups attached to an aromatic ring is 1. The van der Waals surface area contributed by atoms with Gasteiger partial charge in [-0.2, -0.15) is 0 Å². The van der Waals surface area contributed by atoms with E-state index in [1.807, 2.05) is 25.1 Å². The van der Waals surface area contributed by atoms with Crippen LogP contribution in [0, 0.1) is 6.92 Å². The molecule has 1 atom stereocenters. The van der Waals surface area contributed by atoms with Crippen molar-refractivity contribution in [3.63, 3.8) is 0 Å². The summed E-state index contributed by atoms with van der Waals surface area (Å²) in [5.74, 6) is 0.298. The zero-order chi connectivity index (χ0) is 14.0. The topological polar surface area (TPSA) is 43.1 Å². The molecule has 0 amide bonds. The summed E-state index contributed by atoms with van der Waals surface area (Å²) in [6.45, 7) is 1.94. The predicted molar refractivity (Wildman–Crippen MR) is 82.2 cm³/mol. The Morgan fingerprint density at radius 1 is 1.21 bits per heavy atom. The third kappa shape index (κ3) is 3.30. The van der Waals surface area contributed by atoms with Crippen LogP contribution in [0.4, 0.5) is 5.69 Å². The third-order valence-corrected chi connectivity index (χ3v) is 5.02. The maximum atomic E-state index is 12.3. The Hall–Kier alpha value is -1.03. The number of anilines is 1. The summed E-state index contributed by atoms with van der Waals surface area (Å²) in [6.07, 6.45) is 0. The van der Waals surface area contributed by atoms with Gasteiger partial charge in [-0.15, -0.1) is 0 Å². The third-order valence-electron chi connectivity index (χ3n) is 2.73. The van der Waals surface area contributed by atoms with E-state index in [0.717, 1.165) is 11.1 Å². The van der Waals surface area contributed by atoms with Gasteiger partial charge in [0, 0.05) is 5.69 Å². The lowest BCUT2D eigenvalue weighted by molar-refractivity contribution is 0.683. The monoisotopic (exact) mass is 313 g/mol. The van der Waals surface area contributed by atoms with Gasteiger partial charge in [0.1, 0.15) is 0 Å². The highest BCUT2D eigenvalue weighted by molar-refractivity contribution is 7.84. The zero-order valence-electron chi connectivity index (χ0n) is 10.3. The van der Waals surface area contributed by atoms with E-state index >= 15 is 0 Å². The van der Waals surface area contributed by atoms with Crippen LogP contribution in [0.1, 0.15) is 11.1 Å². The van der Waals surface area contributed by atoms with Crippen molar-refractivity contribution in [2.24, 2.45) is 0 Å². The molecule has 0 fully saturated rings. The molecule has 0 aliphatic heterocycles. The summed E-state index contributed by atoms with van der Waals surface area (Å²) >= 11 is 12.0. The van der Waals surface area contributed by atoms with Crippen LogP contribution in [0.3, 0.4) is 0 Å². The maximum absolute atomic E-state index is 12.3. The van der Waals surface area contributed by atoms with Gasteiger partial charge in [0.2, 0.25) is 0 Å². The lowest BCUT2D eigenvalue weighted by Gasteiger charge is -2.08. The van der Waals surface area contributed by atoms with E-state index in [0.29, 0.717) is 26.4 Å². The molecular formula is C14H13Cl2NOS. The van der Waals surface area contributed by atoms with Gasteiger partial charge in [0.25, 0.3) is 0 Å². The molecular weight excluding hydrogens is 301 g/mol. The molecule has 2 aromatic carbocycles. The summed E-state index contributed by atoms with van der Waals surface area (Å²) in [5.41, 5.74) is 8.23. The van der Waals surface area contributed by atoms with E-state index in [-0.39, 0.29) is 0 Å². The van der Waals surface area contributed by atoms with Gasteiger partial charge in [0.05, 0.1) is 31.5 Å². The molecule has 0 saturated heterocycles. The molecule has 0 radical (unpaired) electrons. The first-order chi connectivity index (χ1) is 8.99. The number of halogens is 2. The highest BCUT2D eigenvalue weighted by Crippen LogP contribution is 2.28. The number of hydrogen-bond donors (Lipinski definition) is 1. The Morgan fingerprint density at radius 2 is 1.95 bits per heavy atom. The Kier molecular flexibility index (Phi) is 4.50. The van der Waals surface area contributed by atoms with Gasteiger partial charge in [0.15, 0.2) is 0 Å². The Balaban J connectivity index is 2.28. The van der Waals surface area contributed by atoms with Crippen LogP contribution in [-0.2, 0) is 16.6 Å². The van der Waals surface area contributed by atoms with E-state index in [4.69, 9.17) is 28.9 Å². The van der Waals surface area contributed by atoms with Crippen molar-refractivity contribution in [1.82, 2.24) is 0 Å². The fourth-order valence-corrected chi connectivity index (χ4v) is 3.44. The molecule has 2 rings (SSSR count). The molecule has 0 heterocycles. The molecule has 2 nitrogen and oxygen atoms in total. The second kappa shape index (κ2) is 5.95. The minimum atomic E-state index is -1.24. The van der Waals surface area contributed by atoms with Crippen molar-refractivity contribution < 1.29 is 4.21 Å². The Labute approximate surface area is 125 Å². The fourth-order valence-electron chi connectivity index (χ4n) is 1.75. The second-order valence-corrected chi connectivity index (χ2v) is 6.45. The Bertz CT molecular complexity index is 643. The maximum Gasteiger partial charge on any atom is 0.0633 e. The Morgan fingerprint density at radius 3 is 2.63 bits per heavy atom. The van der Waals surface area contributed by atoms with Crippen molar-refractivity contribution >= 4 is 39.7 Å². The zero-order valence-corrected chi connectivity index (χ0v) is 12.6. The van der Waals surface area contributed by atoms with E-state index in [9.17, 15) is 4.21 Å². The van der Waals surface area contributed by atoms with Crippen LogP contribution >= 0.6 is 23.2 Å². The molecule has 0 aliphatic rings. The lowest BCUT2D eigenvalue weighted by Crippen LogP contribution is -2.01. The summed E-state index contributed by atoms with van der Waals surface area (Å²) < 4.78 is 12.3. The van der Waals surface area contributed by atoms with E-state index < -0.39 is 10.8 Å². The van der Waals surface area contributed by atoms with Gasteiger partial charge >= 0.3 is 0 Å². The smallest absolute Gasteiger partial charge is 0.0633 e. The first-order valence-electron chi connectivity index (χ1n) is 5.66. The molecule has 0 aromatic heterocycles. The predicted octanol–water partition coefficient (Wildman–Crippen LogP) is 4.19. The van der Waals surface area contributed by atoms with Gasteiger partial charge in [-0.05, 0) is 36.2 Å². The molecule has 2 N–H and O–H groups in total. The van der Waals surface area contributed by atoms with Gasteiger partial charge < -0.3 is 5.73 Å². The largest absolute Gasteiger partial charge is 0.398 e. The minimum Gasteiger partial charge on any atom is -0.398 e. The quantitative estimate of drug-likeness (QED) is 0.863. The second-order valence-electron chi connectivity index (χ2n) is 4.24. The number of hydrogen-bond acceptors (Lipinski definition) is 2. The molecule has 19 heavy (non-hydrogen) atoms. The van der Waals surface area contributed by atoms with Crippen molar-refractivity contribution in [3.8, 4) is 0 Å². The van der Waals surface area contributed by atoms with Crippen molar-refractivity contribution in [1.29, 1.82) is 0 Å². The van der Waals surface area contributed by atoms with E-state index in [1.54, 1.807) is 18.2 Å². The number of aryl methyl sites for hydroxylation is 1. The lowest BCUT2D eigenvalue weighted by atomic mass is 10.2. The van der Waals surface area contributed by atoms with Gasteiger partial charge in [-0.25, -0.2) is 0 Å². The molecule has 2 aromatic rings. The molecule has 0 aliphatic carbocycles. The van der Waals surface area contributed by atoms with Crippen LogP contribution in [0.2, 0.25) is 10.0 Å². The molecule has 0 spiro atoms. The van der Waals surface area contributed by atoms with E-state index in [2.05, 4.69) is 0 Å². The van der Waals surface area contributed by atoms with E-state index in [1.165, 1.54) is 0 Å². The highest BCUT2D eigenvalue weighted by atomic mass is 35.5. The van der Waals surface area contributed by atoms with Crippen LogP contribution in [0.5, 0.6) is 0 Å². The molecule has 1 unspecified atom stereocenters. The van der Waals surface area contributed by atoms with Crippen molar-refractivity contribution in [3.05, 3.63) is 57.6 Å². The first-order valence-corrected chi connectivity index (χ1v) is 7.74. The average molecular weight is 314 g/mol. The molecule has 100 valence electrons. The van der Waals surface area contributed by atoms with Crippen molar-refractivity contribution in [2.45, 2.75) is 17.6 Å². The summed E-state index contributed by atoms with van der Waals surface area (Å²) in [6, 6.07) is 10.8. The van der Waals surface area contributed by atoms with Crippen LogP contribution in [0.15, 0.2) is 41.3 Å². The average Bonchev–Trinajstić information content (AvgIpc) is 2.34. The number of nitrogens with two attached hydrogens (primary N) is 1. The SMILES string of the molecule is Cc1ccc(S(=O)Cc2cccc(Cl)c2Cl)c(N)c1. The standard InChI is InChI=1S/C14H13Cl2NOS/c1-9-5-6-13(12(17)7-9)19(18)8-10-3-2-4-11(15)14(10)16/h2-7H,8,17H2,1H3. The summed E-state index contributed by atoms with van der Waals surface area (Å²) in [4.78, 5) is 0.627. The normalized spacial score (nSPS) is 12.4.